The quantitative estimate of drug-likeness (QED) is 0.464. The summed E-state index contributed by atoms with van der Waals surface area (Å²) < 4.78 is 4.95. The zero-order valence-corrected chi connectivity index (χ0v) is 20.6. The minimum atomic E-state index is -0.00970. The molecule has 0 radical (unpaired) electrons. The highest BCUT2D eigenvalue weighted by atomic mass is 35.5. The molecule has 5 rings (SSSR count). The van der Waals surface area contributed by atoms with Crippen LogP contribution in [0.1, 0.15) is 19.4 Å². The molecular weight excluding hydrogens is 454 g/mol. The van der Waals surface area contributed by atoms with Gasteiger partial charge in [-0.1, -0.05) is 32.0 Å². The molecule has 2 aliphatic rings. The highest BCUT2D eigenvalue weighted by Gasteiger charge is 2.37. The van der Waals surface area contributed by atoms with Crippen molar-refractivity contribution in [2.75, 3.05) is 11.9 Å². The number of benzene rings is 1. The highest BCUT2D eigenvalue weighted by molar-refractivity contribution is 7.11. The molecule has 0 fully saturated rings. The van der Waals surface area contributed by atoms with Crippen molar-refractivity contribution in [1.82, 2.24) is 0 Å². The predicted octanol–water partition coefficient (Wildman–Crippen LogP) is 5.46. The summed E-state index contributed by atoms with van der Waals surface area (Å²) in [6.07, 6.45) is 11.5. The van der Waals surface area contributed by atoms with Gasteiger partial charge >= 0.3 is 0 Å². The Bertz CT molecular complexity index is 1480. The number of hydrogen-bond donors (Lipinski definition) is 0. The average molecular weight is 478 g/mol. The Labute approximate surface area is 201 Å². The van der Waals surface area contributed by atoms with Gasteiger partial charge in [0.1, 0.15) is 0 Å². The molecule has 162 valence electrons. The zero-order chi connectivity index (χ0) is 21.6. The summed E-state index contributed by atoms with van der Waals surface area (Å²) in [5, 5.41) is 0. The first kappa shape index (κ1) is 22.5. The molecule has 0 atom stereocenters. The minimum Gasteiger partial charge on any atom is -0.347 e. The molecule has 0 bridgehead atoms. The monoisotopic (exact) mass is 477 g/mol. The summed E-state index contributed by atoms with van der Waals surface area (Å²) in [5.41, 5.74) is 5.05. The molecule has 0 spiro atoms. The normalized spacial score (nSPS) is 19.5. The van der Waals surface area contributed by atoms with Gasteiger partial charge in [0.05, 0.1) is 0 Å². The number of nitrogens with zero attached hydrogens (tertiary/aromatic N) is 1. The molecule has 1 aliphatic heterocycles. The second-order valence-corrected chi connectivity index (χ2v) is 10.5. The van der Waals surface area contributed by atoms with Gasteiger partial charge in [-0.25, -0.2) is 0 Å². The zero-order valence-electron chi connectivity index (χ0n) is 18.2. The summed E-state index contributed by atoms with van der Waals surface area (Å²) in [5.74, 6) is 0.0484. The van der Waals surface area contributed by atoms with Gasteiger partial charge in [-0.3, -0.25) is 4.79 Å². The number of carbonyl (C=O) groups excluding carboxylic acids is 1. The number of hydrogen-bond acceptors (Lipinski definition) is 4. The molecule has 1 aromatic carbocycles. The van der Waals surface area contributed by atoms with Gasteiger partial charge in [-0.2, -0.15) is 0 Å². The Morgan fingerprint density at radius 3 is 2.22 bits per heavy atom. The predicted molar refractivity (Wildman–Crippen MR) is 140 cm³/mol. The lowest BCUT2D eigenvalue weighted by molar-refractivity contribution is -0.110. The van der Waals surface area contributed by atoms with Crippen LogP contribution in [0.3, 0.4) is 0 Å². The van der Waals surface area contributed by atoms with Crippen molar-refractivity contribution in [2.24, 2.45) is 0 Å². The van der Waals surface area contributed by atoms with Crippen molar-refractivity contribution in [3.8, 4) is 0 Å². The van der Waals surface area contributed by atoms with Gasteiger partial charge in [0.15, 0.2) is 5.78 Å². The lowest BCUT2D eigenvalue weighted by atomic mass is 9.84. The maximum Gasteiger partial charge on any atom is 0.178 e. The number of anilines is 1. The molecule has 3 aromatic rings. The van der Waals surface area contributed by atoms with Crippen molar-refractivity contribution in [2.45, 2.75) is 19.3 Å². The second-order valence-electron chi connectivity index (χ2n) is 8.31. The largest absolute Gasteiger partial charge is 0.347 e. The molecule has 0 amide bonds. The molecule has 1 aliphatic carbocycles. The Kier molecular flexibility index (Phi) is 6.13. The first-order chi connectivity index (χ1) is 14.9. The van der Waals surface area contributed by atoms with E-state index in [4.69, 9.17) is 0 Å². The number of fused-ring (bicyclic) bond motifs is 1. The van der Waals surface area contributed by atoms with E-state index < -0.39 is 0 Å². The summed E-state index contributed by atoms with van der Waals surface area (Å²) in [6.45, 7) is 4.59. The number of thiophene rings is 2. The number of para-hydroxylation sites is 1. The van der Waals surface area contributed by atoms with E-state index in [0.29, 0.717) is 0 Å². The molecule has 0 saturated carbocycles. The first-order valence-corrected chi connectivity index (χ1v) is 11.9. The third kappa shape index (κ3) is 3.95. The molecule has 5 heteroatoms. The standard InChI is InChI=1S/C27H23NOS2.ClH/c1-27(2)21-6-4-5-7-22(21)28(3)26(27)17-13-20-12-14-24(30-20)25-16-15-23(31-25)18-8-10-19(29)11-9-18;/h4-17H,1-3H3;1H/b20-13+,25-24+,26-17-;. The molecule has 32 heavy (non-hydrogen) atoms. The van der Waals surface area contributed by atoms with Gasteiger partial charge in [0, 0.05) is 42.0 Å². The number of rotatable bonds is 1. The van der Waals surface area contributed by atoms with Crippen molar-refractivity contribution in [1.29, 1.82) is 0 Å². The fourth-order valence-corrected chi connectivity index (χ4v) is 6.29. The van der Waals surface area contributed by atoms with Gasteiger partial charge in [0.25, 0.3) is 0 Å². The lowest BCUT2D eigenvalue weighted by Crippen LogP contribution is -2.22. The van der Waals surface area contributed by atoms with Crippen LogP contribution in [0.2, 0.25) is 0 Å². The molecular formula is C27H24ClNOS2. The van der Waals surface area contributed by atoms with Gasteiger partial charge in [-0.05, 0) is 77.9 Å². The van der Waals surface area contributed by atoms with Crippen LogP contribution in [0.25, 0.3) is 11.6 Å². The lowest BCUT2D eigenvalue weighted by Gasteiger charge is -2.23. The van der Waals surface area contributed by atoms with Crippen LogP contribution in [0.5, 0.6) is 0 Å². The van der Waals surface area contributed by atoms with Gasteiger partial charge in [0.2, 0.25) is 0 Å². The van der Waals surface area contributed by atoms with Crippen LogP contribution in [-0.2, 0) is 10.2 Å². The van der Waals surface area contributed by atoms with E-state index in [9.17, 15) is 4.79 Å². The Morgan fingerprint density at radius 2 is 1.47 bits per heavy atom. The number of allylic oxidation sites excluding steroid dienone is 6. The third-order valence-corrected chi connectivity index (χ3v) is 8.34. The molecule has 0 saturated heterocycles. The highest BCUT2D eigenvalue weighted by Crippen LogP contribution is 2.46. The van der Waals surface area contributed by atoms with E-state index in [0.717, 1.165) is 5.57 Å². The van der Waals surface area contributed by atoms with Crippen molar-refractivity contribution < 1.29 is 4.79 Å². The number of halogens is 1. The maximum atomic E-state index is 11.4. The number of ketones is 1. The molecule has 0 N–H and O–H groups in total. The van der Waals surface area contributed by atoms with Crippen molar-refractivity contribution in [3.05, 3.63) is 108 Å². The summed E-state index contributed by atoms with van der Waals surface area (Å²) >= 11 is 3.57. The van der Waals surface area contributed by atoms with E-state index in [1.807, 2.05) is 23.5 Å². The third-order valence-electron chi connectivity index (χ3n) is 5.96. The SMILES string of the molecule is CN1/C(=C\C=c2/cc/c(=c3/ccc(=C4C=CC(=O)C=C4)s3)s2)C(C)(C)c2ccccc21.Cl. The smallest absolute Gasteiger partial charge is 0.178 e. The Balaban J connectivity index is 0.00000245. The van der Waals surface area contributed by atoms with Gasteiger partial charge in [-0.15, -0.1) is 35.1 Å². The van der Waals surface area contributed by atoms with E-state index in [-0.39, 0.29) is 23.6 Å². The van der Waals surface area contributed by atoms with Crippen LogP contribution in [0, 0.1) is 9.06 Å². The maximum absolute atomic E-state index is 11.4. The minimum absolute atomic E-state index is 0. The van der Waals surface area contributed by atoms with Crippen LogP contribution in [0.4, 0.5) is 5.69 Å². The van der Waals surface area contributed by atoms with Gasteiger partial charge < -0.3 is 4.90 Å². The van der Waals surface area contributed by atoms with E-state index in [1.54, 1.807) is 23.5 Å². The topological polar surface area (TPSA) is 20.3 Å². The fourth-order valence-electron chi connectivity index (χ4n) is 4.28. The Morgan fingerprint density at radius 1 is 0.812 bits per heavy atom. The first-order valence-electron chi connectivity index (χ1n) is 10.3. The molecule has 2 nitrogen and oxygen atoms in total. The molecule has 3 heterocycles. The van der Waals surface area contributed by atoms with E-state index in [2.05, 4.69) is 86.5 Å². The van der Waals surface area contributed by atoms with Crippen LogP contribution >= 0.6 is 35.1 Å². The summed E-state index contributed by atoms with van der Waals surface area (Å²) in [7, 11) is 2.15. The van der Waals surface area contributed by atoms with Crippen molar-refractivity contribution in [3.63, 3.8) is 0 Å². The van der Waals surface area contributed by atoms with E-state index in [1.165, 1.54) is 35.1 Å². The number of likely N-dealkylation sites (N-methyl/N-ethyl adjacent to an activating group) is 1. The Hall–Kier alpha value is -2.66. The number of carbonyl (C=O) groups is 1. The molecule has 2 aromatic heterocycles. The van der Waals surface area contributed by atoms with Crippen LogP contribution in [0.15, 0.2) is 84.6 Å². The molecule has 0 unspecified atom stereocenters. The fraction of sp³-hybridized carbons (Fsp3) is 0.148. The average Bonchev–Trinajstić information content (AvgIpc) is 3.47. The summed E-state index contributed by atoms with van der Waals surface area (Å²) in [4.78, 5) is 13.7. The van der Waals surface area contributed by atoms with Crippen molar-refractivity contribution >= 4 is 58.2 Å². The second kappa shape index (κ2) is 8.70. The van der Waals surface area contributed by atoms with E-state index >= 15 is 0 Å². The summed E-state index contributed by atoms with van der Waals surface area (Å²) in [6, 6.07) is 17.4. The van der Waals surface area contributed by atoms with Crippen LogP contribution in [-0.4, -0.2) is 12.8 Å². The van der Waals surface area contributed by atoms with Crippen LogP contribution < -0.4 is 14.0 Å².